The average molecular weight is 249 g/mol. The van der Waals surface area contributed by atoms with Crippen LogP contribution < -0.4 is 0 Å². The Balaban J connectivity index is 1.82. The van der Waals surface area contributed by atoms with Gasteiger partial charge in [0.1, 0.15) is 0 Å². The molecule has 1 aromatic rings. The van der Waals surface area contributed by atoms with Crippen LogP contribution in [0.25, 0.3) is 0 Å². The van der Waals surface area contributed by atoms with E-state index in [-0.39, 0.29) is 18.7 Å². The van der Waals surface area contributed by atoms with Crippen LogP contribution >= 0.6 is 0 Å². The Labute approximate surface area is 103 Å². The third-order valence-electron chi connectivity index (χ3n) is 2.34. The lowest BCUT2D eigenvalue weighted by Gasteiger charge is -2.15. The molecule has 0 aromatic carbocycles. The first-order chi connectivity index (χ1) is 8.66. The highest BCUT2D eigenvalue weighted by molar-refractivity contribution is 5.82. The van der Waals surface area contributed by atoms with Crippen LogP contribution in [0.2, 0.25) is 0 Å². The zero-order valence-corrected chi connectivity index (χ0v) is 9.57. The average Bonchev–Trinajstić information content (AvgIpc) is 2.69. The van der Waals surface area contributed by atoms with E-state index < -0.39 is 5.97 Å². The van der Waals surface area contributed by atoms with Crippen LogP contribution in [0.15, 0.2) is 18.6 Å². The largest absolute Gasteiger partial charge is 0.334 e. The van der Waals surface area contributed by atoms with Crippen LogP contribution in [0.4, 0.5) is 0 Å². The summed E-state index contributed by atoms with van der Waals surface area (Å²) in [5.74, 6) is -0.451. The van der Waals surface area contributed by atoms with Gasteiger partial charge in [0.15, 0.2) is 12.2 Å². The molecule has 8 heteroatoms. The number of nitrogens with zero attached hydrogens (tertiary/aromatic N) is 5. The van der Waals surface area contributed by atoms with E-state index in [1.807, 2.05) is 0 Å². The van der Waals surface area contributed by atoms with E-state index in [0.717, 1.165) is 5.06 Å². The predicted molar refractivity (Wildman–Crippen MR) is 57.3 cm³/mol. The SMILES string of the molecule is C=C1CCC(=O)N1OC(=O)CCc1nncnn1. The number of aryl methyl sites for hydroxylation is 1. The Hall–Kier alpha value is -2.38. The van der Waals surface area contributed by atoms with Gasteiger partial charge in [-0.3, -0.25) is 4.79 Å². The minimum atomic E-state index is -0.543. The van der Waals surface area contributed by atoms with Gasteiger partial charge in [0.2, 0.25) is 0 Å². The first kappa shape index (κ1) is 12.1. The van der Waals surface area contributed by atoms with E-state index in [4.69, 9.17) is 4.84 Å². The van der Waals surface area contributed by atoms with Crippen LogP contribution in [0.3, 0.4) is 0 Å². The van der Waals surface area contributed by atoms with Crippen molar-refractivity contribution in [3.05, 3.63) is 24.4 Å². The third-order valence-corrected chi connectivity index (χ3v) is 2.34. The molecule has 0 bridgehead atoms. The highest BCUT2D eigenvalue weighted by atomic mass is 16.7. The molecule has 0 atom stereocenters. The predicted octanol–water partition coefficient (Wildman–Crippen LogP) is -0.207. The van der Waals surface area contributed by atoms with E-state index in [2.05, 4.69) is 27.0 Å². The molecule has 8 nitrogen and oxygen atoms in total. The lowest BCUT2D eigenvalue weighted by atomic mass is 10.3. The fourth-order valence-electron chi connectivity index (χ4n) is 1.44. The normalized spacial score (nSPS) is 15.0. The molecule has 1 fully saturated rings. The second-order valence-corrected chi connectivity index (χ2v) is 3.68. The second-order valence-electron chi connectivity index (χ2n) is 3.68. The number of aromatic nitrogens is 4. The van der Waals surface area contributed by atoms with Crippen molar-refractivity contribution in [2.75, 3.05) is 0 Å². The summed E-state index contributed by atoms with van der Waals surface area (Å²) in [6.45, 7) is 3.64. The van der Waals surface area contributed by atoms with Gasteiger partial charge in [-0.25, -0.2) is 4.79 Å². The minimum Gasteiger partial charge on any atom is -0.334 e. The highest BCUT2D eigenvalue weighted by Gasteiger charge is 2.27. The summed E-state index contributed by atoms with van der Waals surface area (Å²) in [4.78, 5) is 27.8. The summed E-state index contributed by atoms with van der Waals surface area (Å²) in [7, 11) is 0. The van der Waals surface area contributed by atoms with Gasteiger partial charge in [-0.05, 0) is 6.42 Å². The van der Waals surface area contributed by atoms with E-state index >= 15 is 0 Å². The van der Waals surface area contributed by atoms with Gasteiger partial charge in [0.25, 0.3) is 5.91 Å². The van der Waals surface area contributed by atoms with Crippen molar-refractivity contribution in [3.8, 4) is 0 Å². The lowest BCUT2D eigenvalue weighted by molar-refractivity contribution is -0.186. The number of rotatable bonds is 4. The van der Waals surface area contributed by atoms with Crippen LogP contribution in [-0.2, 0) is 20.8 Å². The number of carbonyl (C=O) groups is 2. The van der Waals surface area contributed by atoms with Crippen molar-refractivity contribution in [2.45, 2.75) is 25.7 Å². The molecule has 1 aliphatic heterocycles. The lowest BCUT2D eigenvalue weighted by Crippen LogP contribution is -2.27. The molecule has 0 saturated carbocycles. The molecular weight excluding hydrogens is 238 g/mol. The summed E-state index contributed by atoms with van der Waals surface area (Å²) in [5.41, 5.74) is 0.493. The topological polar surface area (TPSA) is 98.2 Å². The highest BCUT2D eigenvalue weighted by Crippen LogP contribution is 2.21. The summed E-state index contributed by atoms with van der Waals surface area (Å²) in [6, 6.07) is 0. The van der Waals surface area contributed by atoms with Crippen molar-refractivity contribution in [1.29, 1.82) is 0 Å². The van der Waals surface area contributed by atoms with Crippen LogP contribution in [0.5, 0.6) is 0 Å². The molecule has 0 radical (unpaired) electrons. The fourth-order valence-corrected chi connectivity index (χ4v) is 1.44. The molecule has 2 rings (SSSR count). The first-order valence-electron chi connectivity index (χ1n) is 5.37. The molecule has 0 spiro atoms. The Morgan fingerprint density at radius 3 is 2.72 bits per heavy atom. The van der Waals surface area contributed by atoms with E-state index in [1.54, 1.807) is 0 Å². The number of amides is 1. The minimum absolute atomic E-state index is 0.0461. The quantitative estimate of drug-likeness (QED) is 0.728. The zero-order chi connectivity index (χ0) is 13.0. The maximum atomic E-state index is 11.5. The molecule has 2 heterocycles. The first-order valence-corrected chi connectivity index (χ1v) is 5.37. The van der Waals surface area contributed by atoms with Crippen LogP contribution in [-0.4, -0.2) is 37.3 Å². The number of carbonyl (C=O) groups excluding carboxylic acids is 2. The molecule has 1 saturated heterocycles. The molecule has 0 unspecified atom stereocenters. The molecule has 1 aromatic heterocycles. The second kappa shape index (κ2) is 5.30. The Bertz CT molecular complexity index is 460. The Morgan fingerprint density at radius 1 is 1.39 bits per heavy atom. The maximum absolute atomic E-state index is 11.5. The number of allylic oxidation sites excluding steroid dienone is 1. The van der Waals surface area contributed by atoms with E-state index in [1.165, 1.54) is 6.33 Å². The van der Waals surface area contributed by atoms with Gasteiger partial charge in [-0.2, -0.15) is 0 Å². The molecular formula is C10H11N5O3. The Kier molecular flexibility index (Phi) is 3.56. The molecule has 1 amide bonds. The van der Waals surface area contributed by atoms with Gasteiger partial charge in [0.05, 0.1) is 12.1 Å². The molecule has 18 heavy (non-hydrogen) atoms. The van der Waals surface area contributed by atoms with Gasteiger partial charge < -0.3 is 4.84 Å². The number of hydroxylamine groups is 2. The maximum Gasteiger partial charge on any atom is 0.333 e. The van der Waals surface area contributed by atoms with Crippen molar-refractivity contribution >= 4 is 11.9 Å². The van der Waals surface area contributed by atoms with E-state index in [9.17, 15) is 9.59 Å². The van der Waals surface area contributed by atoms with Crippen LogP contribution in [0.1, 0.15) is 25.1 Å². The standard InChI is InChI=1S/C10H11N5O3/c1-7-2-4-9(16)15(7)18-10(17)5-3-8-13-11-6-12-14-8/h6H,1-5H2. The third kappa shape index (κ3) is 2.84. The molecule has 0 N–H and O–H groups in total. The molecule has 94 valence electrons. The summed E-state index contributed by atoms with van der Waals surface area (Å²) >= 11 is 0. The number of hydrogen-bond donors (Lipinski definition) is 0. The zero-order valence-electron chi connectivity index (χ0n) is 9.57. The Morgan fingerprint density at radius 2 is 2.11 bits per heavy atom. The van der Waals surface area contributed by atoms with E-state index in [0.29, 0.717) is 24.4 Å². The number of hydrogen-bond acceptors (Lipinski definition) is 7. The summed E-state index contributed by atoms with van der Waals surface area (Å²) < 4.78 is 0. The molecule has 1 aliphatic rings. The smallest absolute Gasteiger partial charge is 0.333 e. The van der Waals surface area contributed by atoms with Crippen molar-refractivity contribution < 1.29 is 14.4 Å². The van der Waals surface area contributed by atoms with Gasteiger partial charge in [-0.1, -0.05) is 6.58 Å². The van der Waals surface area contributed by atoms with Crippen LogP contribution in [0, 0.1) is 0 Å². The van der Waals surface area contributed by atoms with Crippen molar-refractivity contribution in [1.82, 2.24) is 25.5 Å². The summed E-state index contributed by atoms with van der Waals surface area (Å²) in [6.07, 6.45) is 2.34. The van der Waals surface area contributed by atoms with Crippen molar-refractivity contribution in [2.24, 2.45) is 0 Å². The fraction of sp³-hybridized carbons (Fsp3) is 0.400. The molecule has 0 aliphatic carbocycles. The van der Waals surface area contributed by atoms with Gasteiger partial charge >= 0.3 is 5.97 Å². The van der Waals surface area contributed by atoms with Gasteiger partial charge in [-0.15, -0.1) is 25.5 Å². The monoisotopic (exact) mass is 249 g/mol. The van der Waals surface area contributed by atoms with Gasteiger partial charge in [0, 0.05) is 12.8 Å². The summed E-state index contributed by atoms with van der Waals surface area (Å²) in [5, 5.41) is 15.4. The van der Waals surface area contributed by atoms with Crippen molar-refractivity contribution in [3.63, 3.8) is 0 Å².